The van der Waals surface area contributed by atoms with Crippen LogP contribution < -0.4 is 4.72 Å². The Balaban J connectivity index is 2.28. The van der Waals surface area contributed by atoms with Gasteiger partial charge in [0.2, 0.25) is 10.0 Å². The molecule has 0 aliphatic carbocycles. The van der Waals surface area contributed by atoms with Crippen molar-refractivity contribution in [2.45, 2.75) is 24.0 Å². The highest BCUT2D eigenvalue weighted by atomic mass is 32.2. The zero-order valence-electron chi connectivity index (χ0n) is 11.5. The zero-order valence-corrected chi connectivity index (χ0v) is 12.3. The molecule has 118 valence electrons. The minimum atomic E-state index is -4.60. The van der Waals surface area contributed by atoms with Crippen molar-refractivity contribution in [1.82, 2.24) is 9.71 Å². The first kappa shape index (κ1) is 16.4. The number of aromatic nitrogens is 1. The fraction of sp³-hybridized carbons (Fsp3) is 0.214. The van der Waals surface area contributed by atoms with Gasteiger partial charge < -0.3 is 0 Å². The summed E-state index contributed by atoms with van der Waals surface area (Å²) in [6, 6.07) is 7.93. The van der Waals surface area contributed by atoms with E-state index in [0.717, 1.165) is 18.2 Å². The fourth-order valence-corrected chi connectivity index (χ4v) is 3.09. The Morgan fingerprint density at radius 1 is 1.14 bits per heavy atom. The highest BCUT2D eigenvalue weighted by molar-refractivity contribution is 7.89. The zero-order chi connectivity index (χ0) is 16.4. The van der Waals surface area contributed by atoms with Gasteiger partial charge in [0.25, 0.3) is 0 Å². The van der Waals surface area contributed by atoms with E-state index in [1.54, 1.807) is 25.1 Å². The minimum Gasteiger partial charge on any atom is -0.260 e. The maximum absolute atomic E-state index is 12.7. The third kappa shape index (κ3) is 3.83. The van der Waals surface area contributed by atoms with E-state index in [0.29, 0.717) is 11.8 Å². The second-order valence-corrected chi connectivity index (χ2v) is 6.34. The van der Waals surface area contributed by atoms with Crippen molar-refractivity contribution in [1.29, 1.82) is 0 Å². The van der Waals surface area contributed by atoms with Gasteiger partial charge in [-0.15, -0.1) is 0 Å². The number of alkyl halides is 3. The molecule has 1 unspecified atom stereocenters. The topological polar surface area (TPSA) is 59.1 Å². The summed E-state index contributed by atoms with van der Waals surface area (Å²) < 4.78 is 64.7. The van der Waals surface area contributed by atoms with Crippen LogP contribution in [-0.4, -0.2) is 13.4 Å². The van der Waals surface area contributed by atoms with Crippen molar-refractivity contribution < 1.29 is 21.6 Å². The van der Waals surface area contributed by atoms with Crippen LogP contribution in [-0.2, 0) is 16.2 Å². The van der Waals surface area contributed by atoms with Gasteiger partial charge in [-0.2, -0.15) is 13.2 Å². The quantitative estimate of drug-likeness (QED) is 0.937. The molecule has 0 radical (unpaired) electrons. The molecule has 0 fully saturated rings. The smallest absolute Gasteiger partial charge is 0.260 e. The Morgan fingerprint density at radius 2 is 1.86 bits per heavy atom. The monoisotopic (exact) mass is 330 g/mol. The number of rotatable bonds is 4. The molecule has 4 nitrogen and oxygen atoms in total. The van der Waals surface area contributed by atoms with E-state index in [4.69, 9.17) is 0 Å². The molecule has 1 atom stereocenters. The summed E-state index contributed by atoms with van der Waals surface area (Å²) in [7, 11) is -4.08. The molecule has 0 aliphatic heterocycles. The lowest BCUT2D eigenvalue weighted by Gasteiger charge is -2.14. The van der Waals surface area contributed by atoms with Gasteiger partial charge in [0, 0.05) is 6.20 Å². The number of pyridine rings is 1. The molecule has 0 spiro atoms. The maximum Gasteiger partial charge on any atom is 0.416 e. The predicted molar refractivity (Wildman–Crippen MR) is 74.4 cm³/mol. The van der Waals surface area contributed by atoms with Crippen LogP contribution in [0.15, 0.2) is 53.6 Å². The van der Waals surface area contributed by atoms with Gasteiger partial charge in [0.05, 0.1) is 22.2 Å². The first-order valence-electron chi connectivity index (χ1n) is 6.31. The van der Waals surface area contributed by atoms with Gasteiger partial charge in [0.15, 0.2) is 0 Å². The van der Waals surface area contributed by atoms with Crippen molar-refractivity contribution in [3.05, 3.63) is 59.9 Å². The van der Waals surface area contributed by atoms with Crippen LogP contribution >= 0.6 is 0 Å². The van der Waals surface area contributed by atoms with Gasteiger partial charge in [-0.3, -0.25) is 4.98 Å². The van der Waals surface area contributed by atoms with Crippen LogP contribution in [0, 0.1) is 0 Å². The summed E-state index contributed by atoms with van der Waals surface area (Å²) in [4.78, 5) is 3.57. The SMILES string of the molecule is CC(NS(=O)(=O)c1cccc(C(F)(F)F)c1)c1ccccn1. The van der Waals surface area contributed by atoms with Crippen molar-refractivity contribution in [3.8, 4) is 0 Å². The van der Waals surface area contributed by atoms with Gasteiger partial charge >= 0.3 is 6.18 Å². The van der Waals surface area contributed by atoms with E-state index in [1.165, 1.54) is 6.20 Å². The third-order valence-electron chi connectivity index (χ3n) is 2.94. The molecule has 2 rings (SSSR count). The van der Waals surface area contributed by atoms with Gasteiger partial charge in [-0.25, -0.2) is 13.1 Å². The summed E-state index contributed by atoms with van der Waals surface area (Å²) >= 11 is 0. The molecule has 1 aromatic heterocycles. The Labute approximate surface area is 126 Å². The molecule has 0 saturated carbocycles. The van der Waals surface area contributed by atoms with Crippen molar-refractivity contribution in [3.63, 3.8) is 0 Å². The Hall–Kier alpha value is -1.93. The molecule has 0 aliphatic rings. The Bertz CT molecular complexity index is 746. The van der Waals surface area contributed by atoms with Gasteiger partial charge in [0.1, 0.15) is 0 Å². The van der Waals surface area contributed by atoms with Crippen LogP contribution in [0.2, 0.25) is 0 Å². The predicted octanol–water partition coefficient (Wildman–Crippen LogP) is 3.14. The van der Waals surface area contributed by atoms with E-state index in [-0.39, 0.29) is 0 Å². The van der Waals surface area contributed by atoms with Crippen LogP contribution in [0.25, 0.3) is 0 Å². The molecule has 22 heavy (non-hydrogen) atoms. The Kier molecular flexibility index (Phi) is 4.52. The van der Waals surface area contributed by atoms with E-state index in [9.17, 15) is 21.6 Å². The van der Waals surface area contributed by atoms with Crippen LogP contribution in [0.3, 0.4) is 0 Å². The lowest BCUT2D eigenvalue weighted by atomic mass is 10.2. The summed E-state index contributed by atoms with van der Waals surface area (Å²) in [6.45, 7) is 1.56. The number of nitrogens with zero attached hydrogens (tertiary/aromatic N) is 1. The lowest BCUT2D eigenvalue weighted by molar-refractivity contribution is -0.137. The highest BCUT2D eigenvalue weighted by Crippen LogP contribution is 2.30. The number of sulfonamides is 1. The number of benzene rings is 1. The summed E-state index contributed by atoms with van der Waals surface area (Å²) in [5, 5.41) is 0. The summed E-state index contributed by atoms with van der Waals surface area (Å²) in [5.74, 6) is 0. The minimum absolute atomic E-state index is 0.440. The van der Waals surface area contributed by atoms with Crippen LogP contribution in [0.4, 0.5) is 13.2 Å². The molecule has 2 aromatic rings. The lowest BCUT2D eigenvalue weighted by Crippen LogP contribution is -2.27. The normalized spacial score (nSPS) is 13.8. The number of nitrogens with one attached hydrogen (secondary N) is 1. The highest BCUT2D eigenvalue weighted by Gasteiger charge is 2.31. The molecule has 1 heterocycles. The van der Waals surface area contributed by atoms with Crippen molar-refractivity contribution in [2.75, 3.05) is 0 Å². The average Bonchev–Trinajstić information content (AvgIpc) is 2.47. The first-order chi connectivity index (χ1) is 10.2. The maximum atomic E-state index is 12.7. The standard InChI is InChI=1S/C14H13F3N2O2S/c1-10(13-7-2-3-8-18-13)19-22(20,21)12-6-4-5-11(9-12)14(15,16)17/h2-10,19H,1H3. The second kappa shape index (κ2) is 6.05. The summed E-state index contributed by atoms with van der Waals surface area (Å²) in [6.07, 6.45) is -3.09. The van der Waals surface area contributed by atoms with Gasteiger partial charge in [-0.1, -0.05) is 12.1 Å². The van der Waals surface area contributed by atoms with E-state index in [1.807, 2.05) is 0 Å². The molecule has 0 amide bonds. The molecule has 8 heteroatoms. The van der Waals surface area contributed by atoms with E-state index < -0.39 is 32.7 Å². The van der Waals surface area contributed by atoms with Crippen molar-refractivity contribution >= 4 is 10.0 Å². The largest absolute Gasteiger partial charge is 0.416 e. The number of hydrogen-bond acceptors (Lipinski definition) is 3. The van der Waals surface area contributed by atoms with E-state index >= 15 is 0 Å². The molecule has 1 N–H and O–H groups in total. The fourth-order valence-electron chi connectivity index (χ4n) is 1.83. The summed E-state index contributed by atoms with van der Waals surface area (Å²) in [5.41, 5.74) is -0.543. The second-order valence-electron chi connectivity index (χ2n) is 4.62. The van der Waals surface area contributed by atoms with Gasteiger partial charge in [-0.05, 0) is 37.3 Å². The third-order valence-corrected chi connectivity index (χ3v) is 4.47. The molecule has 0 bridgehead atoms. The van der Waals surface area contributed by atoms with Crippen LogP contribution in [0.5, 0.6) is 0 Å². The van der Waals surface area contributed by atoms with E-state index in [2.05, 4.69) is 9.71 Å². The first-order valence-corrected chi connectivity index (χ1v) is 7.79. The number of hydrogen-bond donors (Lipinski definition) is 1. The van der Waals surface area contributed by atoms with Crippen molar-refractivity contribution in [2.24, 2.45) is 0 Å². The molecular formula is C14H13F3N2O2S. The Morgan fingerprint density at radius 3 is 2.45 bits per heavy atom. The average molecular weight is 330 g/mol. The molecule has 1 aromatic carbocycles. The number of halogens is 3. The molecular weight excluding hydrogens is 317 g/mol. The van der Waals surface area contributed by atoms with Crippen LogP contribution in [0.1, 0.15) is 24.2 Å². The molecule has 0 saturated heterocycles.